The van der Waals surface area contributed by atoms with Gasteiger partial charge in [0.1, 0.15) is 5.75 Å². The first kappa shape index (κ1) is 17.2. The molecule has 4 nitrogen and oxygen atoms in total. The minimum Gasteiger partial charge on any atom is -0.493 e. The largest absolute Gasteiger partial charge is 0.493 e. The Morgan fingerprint density at radius 2 is 2.14 bits per heavy atom. The number of amides is 1. The van der Waals surface area contributed by atoms with Gasteiger partial charge in [-0.15, -0.1) is 0 Å². The summed E-state index contributed by atoms with van der Waals surface area (Å²) >= 11 is 1.97. The van der Waals surface area contributed by atoms with Gasteiger partial charge in [0.2, 0.25) is 0 Å². The summed E-state index contributed by atoms with van der Waals surface area (Å²) in [5.74, 6) is 3.00. The number of benzene rings is 1. The Kier molecular flexibility index (Phi) is 6.58. The van der Waals surface area contributed by atoms with Gasteiger partial charge in [-0.3, -0.25) is 4.79 Å². The number of carbonyl (C=O) groups excluding carboxylic acids is 1. The van der Waals surface area contributed by atoms with Crippen molar-refractivity contribution in [3.05, 3.63) is 29.3 Å². The van der Waals surface area contributed by atoms with E-state index in [2.05, 4.69) is 0 Å². The van der Waals surface area contributed by atoms with E-state index in [1.165, 1.54) is 0 Å². The predicted octanol–water partition coefficient (Wildman–Crippen LogP) is 2.69. The SMILES string of the molecule is Cc1ccc(C(=O)N(C)C2CCSCC2)c(OCCCN)c1. The summed E-state index contributed by atoms with van der Waals surface area (Å²) in [4.78, 5) is 14.7. The Bertz CT molecular complexity index is 501. The molecular weight excluding hydrogens is 296 g/mol. The van der Waals surface area contributed by atoms with Crippen LogP contribution in [0.5, 0.6) is 5.75 Å². The lowest BCUT2D eigenvalue weighted by molar-refractivity contribution is 0.0719. The third-order valence-corrected chi connectivity index (χ3v) is 5.08. The first-order valence-corrected chi connectivity index (χ1v) is 9.07. The molecule has 2 N–H and O–H groups in total. The molecule has 5 heteroatoms. The molecule has 1 aromatic rings. The lowest BCUT2D eigenvalue weighted by Crippen LogP contribution is -2.39. The predicted molar refractivity (Wildman–Crippen MR) is 92.8 cm³/mol. The minimum absolute atomic E-state index is 0.0552. The maximum absolute atomic E-state index is 12.8. The van der Waals surface area contributed by atoms with Crippen molar-refractivity contribution in [3.63, 3.8) is 0 Å². The highest BCUT2D eigenvalue weighted by molar-refractivity contribution is 7.99. The number of ether oxygens (including phenoxy) is 1. The number of hydrogen-bond donors (Lipinski definition) is 1. The molecule has 0 bridgehead atoms. The Morgan fingerprint density at radius 3 is 2.82 bits per heavy atom. The van der Waals surface area contributed by atoms with Crippen LogP contribution in [-0.2, 0) is 0 Å². The molecule has 0 saturated carbocycles. The lowest BCUT2D eigenvalue weighted by Gasteiger charge is -2.31. The van der Waals surface area contributed by atoms with Crippen molar-refractivity contribution in [2.75, 3.05) is 31.7 Å². The number of nitrogens with zero attached hydrogens (tertiary/aromatic N) is 1. The van der Waals surface area contributed by atoms with Crippen LogP contribution < -0.4 is 10.5 Å². The van der Waals surface area contributed by atoms with Crippen LogP contribution >= 0.6 is 11.8 Å². The smallest absolute Gasteiger partial charge is 0.257 e. The van der Waals surface area contributed by atoms with E-state index in [0.717, 1.165) is 36.3 Å². The maximum atomic E-state index is 12.8. The second kappa shape index (κ2) is 8.44. The van der Waals surface area contributed by atoms with Crippen LogP contribution in [0.3, 0.4) is 0 Å². The highest BCUT2D eigenvalue weighted by Crippen LogP contribution is 2.26. The Hall–Kier alpha value is -1.20. The molecule has 22 heavy (non-hydrogen) atoms. The first-order valence-electron chi connectivity index (χ1n) is 7.92. The number of aryl methyl sites for hydroxylation is 1. The highest BCUT2D eigenvalue weighted by atomic mass is 32.2. The van der Waals surface area contributed by atoms with E-state index in [9.17, 15) is 4.79 Å². The molecule has 2 rings (SSSR count). The lowest BCUT2D eigenvalue weighted by atomic mass is 10.1. The van der Waals surface area contributed by atoms with E-state index in [4.69, 9.17) is 10.5 Å². The molecular formula is C17H26N2O2S. The fourth-order valence-electron chi connectivity index (χ4n) is 2.62. The molecule has 1 saturated heterocycles. The van der Waals surface area contributed by atoms with Crippen LogP contribution in [0, 0.1) is 6.92 Å². The van der Waals surface area contributed by atoms with Gasteiger partial charge in [-0.1, -0.05) is 6.07 Å². The van der Waals surface area contributed by atoms with E-state index >= 15 is 0 Å². The van der Waals surface area contributed by atoms with Crippen LogP contribution in [-0.4, -0.2) is 48.6 Å². The summed E-state index contributed by atoms with van der Waals surface area (Å²) in [6, 6.07) is 6.12. The fourth-order valence-corrected chi connectivity index (χ4v) is 3.70. The van der Waals surface area contributed by atoms with Crippen LogP contribution in [0.1, 0.15) is 35.2 Å². The average molecular weight is 322 g/mol. The third-order valence-electron chi connectivity index (χ3n) is 4.03. The van der Waals surface area contributed by atoms with Crippen LogP contribution in [0.2, 0.25) is 0 Å². The molecule has 1 amide bonds. The third kappa shape index (κ3) is 4.40. The molecule has 1 fully saturated rings. The van der Waals surface area contributed by atoms with Gasteiger partial charge >= 0.3 is 0 Å². The molecule has 122 valence electrons. The van der Waals surface area contributed by atoms with Gasteiger partial charge in [0.05, 0.1) is 12.2 Å². The van der Waals surface area contributed by atoms with Crippen LogP contribution in [0.4, 0.5) is 0 Å². The summed E-state index contributed by atoms with van der Waals surface area (Å²) in [5.41, 5.74) is 7.26. The summed E-state index contributed by atoms with van der Waals surface area (Å²) in [6.07, 6.45) is 2.93. The van der Waals surface area contributed by atoms with Gasteiger partial charge < -0.3 is 15.4 Å². The van der Waals surface area contributed by atoms with Crippen molar-refractivity contribution in [1.82, 2.24) is 4.90 Å². The number of carbonyl (C=O) groups is 1. The minimum atomic E-state index is 0.0552. The fraction of sp³-hybridized carbons (Fsp3) is 0.588. The maximum Gasteiger partial charge on any atom is 0.257 e. The van der Waals surface area contributed by atoms with Crippen molar-refractivity contribution in [2.45, 2.75) is 32.2 Å². The van der Waals surface area contributed by atoms with E-state index in [0.29, 0.717) is 30.5 Å². The second-order valence-corrected chi connectivity index (χ2v) is 6.97. The monoisotopic (exact) mass is 322 g/mol. The average Bonchev–Trinajstić information content (AvgIpc) is 2.55. The van der Waals surface area contributed by atoms with E-state index < -0.39 is 0 Å². The quantitative estimate of drug-likeness (QED) is 0.818. The summed E-state index contributed by atoms with van der Waals surface area (Å²) in [6.45, 7) is 3.14. The molecule has 0 atom stereocenters. The van der Waals surface area contributed by atoms with Crippen LogP contribution in [0.15, 0.2) is 18.2 Å². The van der Waals surface area contributed by atoms with Crippen molar-refractivity contribution in [3.8, 4) is 5.75 Å². The molecule has 0 aliphatic carbocycles. The van der Waals surface area contributed by atoms with Gasteiger partial charge in [-0.05, 0) is 61.9 Å². The van der Waals surface area contributed by atoms with Crippen molar-refractivity contribution in [2.24, 2.45) is 5.73 Å². The molecule has 0 spiro atoms. The molecule has 0 radical (unpaired) electrons. The zero-order chi connectivity index (χ0) is 15.9. The van der Waals surface area contributed by atoms with Crippen LogP contribution in [0.25, 0.3) is 0 Å². The molecule has 1 aromatic carbocycles. The summed E-state index contributed by atoms with van der Waals surface area (Å²) in [7, 11) is 1.91. The van der Waals surface area contributed by atoms with E-state index in [1.54, 1.807) is 0 Å². The van der Waals surface area contributed by atoms with Gasteiger partial charge in [0, 0.05) is 13.1 Å². The number of thioether (sulfide) groups is 1. The van der Waals surface area contributed by atoms with E-state index in [-0.39, 0.29) is 5.91 Å². The van der Waals surface area contributed by atoms with Gasteiger partial charge in [-0.2, -0.15) is 11.8 Å². The number of hydrogen-bond acceptors (Lipinski definition) is 4. The zero-order valence-electron chi connectivity index (χ0n) is 13.5. The molecule has 0 unspecified atom stereocenters. The Labute approximate surface area is 137 Å². The zero-order valence-corrected chi connectivity index (χ0v) is 14.3. The molecule has 1 aliphatic heterocycles. The number of nitrogens with two attached hydrogens (primary N) is 1. The standard InChI is InChI=1S/C17H26N2O2S/c1-13-4-5-15(16(12-13)21-9-3-8-18)17(20)19(2)14-6-10-22-11-7-14/h4-5,12,14H,3,6-11,18H2,1-2H3. The molecule has 0 aromatic heterocycles. The van der Waals surface area contributed by atoms with Crippen molar-refractivity contribution < 1.29 is 9.53 Å². The number of rotatable bonds is 6. The molecule has 1 aliphatic rings. The summed E-state index contributed by atoms with van der Waals surface area (Å²) < 4.78 is 5.79. The van der Waals surface area contributed by atoms with Crippen molar-refractivity contribution in [1.29, 1.82) is 0 Å². The van der Waals surface area contributed by atoms with Gasteiger partial charge in [-0.25, -0.2) is 0 Å². The Balaban J connectivity index is 2.13. The van der Waals surface area contributed by atoms with E-state index in [1.807, 2.05) is 48.8 Å². The Morgan fingerprint density at radius 1 is 1.41 bits per heavy atom. The van der Waals surface area contributed by atoms with Crippen molar-refractivity contribution >= 4 is 17.7 Å². The molecule has 1 heterocycles. The second-order valence-electron chi connectivity index (χ2n) is 5.75. The van der Waals surface area contributed by atoms with Gasteiger partial charge in [0.25, 0.3) is 5.91 Å². The highest BCUT2D eigenvalue weighted by Gasteiger charge is 2.25. The first-order chi connectivity index (χ1) is 10.6. The van der Waals surface area contributed by atoms with Gasteiger partial charge in [0.15, 0.2) is 0 Å². The normalized spacial score (nSPS) is 15.6. The summed E-state index contributed by atoms with van der Waals surface area (Å²) in [5, 5.41) is 0. The topological polar surface area (TPSA) is 55.6 Å².